The van der Waals surface area contributed by atoms with Crippen LogP contribution in [-0.2, 0) is 39.8 Å². The van der Waals surface area contributed by atoms with Crippen LogP contribution in [0.25, 0.3) is 0 Å². The van der Waals surface area contributed by atoms with Gasteiger partial charge in [-0.1, -0.05) is 115 Å². The van der Waals surface area contributed by atoms with Gasteiger partial charge in [0.05, 0.1) is 34.9 Å². The minimum absolute atomic E-state index is 0.0524. The summed E-state index contributed by atoms with van der Waals surface area (Å²) in [7, 11) is 4.38. The van der Waals surface area contributed by atoms with Gasteiger partial charge in [0, 0.05) is 41.9 Å². The SMILES string of the molecule is CCCCC(C)(O)CCC(C)[C@H]1[C@H](OC(=O)OCCSSCCOC(=O)Cc2ccccc2Nc2c(Cl)cccc2Cl)CC(=O)[C@@H]1CCCCCCC(=O)OC. The molecule has 2 N–H and O–H groups in total. The van der Waals surface area contributed by atoms with E-state index in [2.05, 4.69) is 19.2 Å². The maximum Gasteiger partial charge on any atom is 0.508 e. The van der Waals surface area contributed by atoms with Gasteiger partial charge in [0.2, 0.25) is 0 Å². The number of esters is 2. The average molecular weight is 857 g/mol. The maximum atomic E-state index is 13.3. The second-order valence-corrected chi connectivity index (χ2v) is 18.2. The van der Waals surface area contributed by atoms with Crippen molar-refractivity contribution in [2.45, 2.75) is 116 Å². The lowest BCUT2D eigenvalue weighted by Gasteiger charge is -2.32. The number of rotatable bonds is 26. The number of hydrogen-bond acceptors (Lipinski definition) is 12. The summed E-state index contributed by atoms with van der Waals surface area (Å²) in [6, 6.07) is 12.6. The van der Waals surface area contributed by atoms with E-state index in [1.165, 1.54) is 28.7 Å². The molecule has 0 spiro atoms. The summed E-state index contributed by atoms with van der Waals surface area (Å²) in [6.07, 6.45) is 7.29. The number of carbonyl (C=O) groups excluding carboxylic acids is 4. The van der Waals surface area contributed by atoms with E-state index in [9.17, 15) is 24.3 Å². The van der Waals surface area contributed by atoms with E-state index in [1.807, 2.05) is 31.2 Å². The molecule has 0 aromatic heterocycles. The van der Waals surface area contributed by atoms with Gasteiger partial charge in [0.15, 0.2) is 0 Å². The van der Waals surface area contributed by atoms with Crippen molar-refractivity contribution in [3.8, 4) is 0 Å². The Morgan fingerprint density at radius 3 is 2.30 bits per heavy atom. The molecule has 1 saturated carbocycles. The summed E-state index contributed by atoms with van der Waals surface area (Å²) >= 11 is 12.6. The summed E-state index contributed by atoms with van der Waals surface area (Å²) in [4.78, 5) is 50.2. The Morgan fingerprint density at radius 2 is 1.61 bits per heavy atom. The first-order chi connectivity index (χ1) is 26.8. The number of Topliss-reactive ketones (excluding diaryl/α,β-unsaturated/α-hetero) is 1. The van der Waals surface area contributed by atoms with Crippen LogP contribution in [0.15, 0.2) is 42.5 Å². The highest BCUT2D eigenvalue weighted by Crippen LogP contribution is 2.42. The van der Waals surface area contributed by atoms with Crippen molar-refractivity contribution < 1.29 is 43.2 Å². The lowest BCUT2D eigenvalue weighted by atomic mass is 9.77. The standard InChI is InChI=1S/C42H59Cl2NO9S2/c1-5-6-21-42(3,50)22-20-29(2)39-31(15-9-7-8-10-19-37(47)51-4)35(46)28-36(39)54-41(49)53-24-26-56-55-25-23-52-38(48)27-30-14-11-12-18-34(30)45-40-32(43)16-13-17-33(40)44/h11-14,16-18,29,31,36,39,45,50H,5-10,15,19-28H2,1-4H3/t29?,31-,36+,39+,42?/m0/s1. The third kappa shape index (κ3) is 17.1. The van der Waals surface area contributed by atoms with Crippen LogP contribution in [0.3, 0.4) is 0 Å². The van der Waals surface area contributed by atoms with Crippen LogP contribution in [0, 0.1) is 17.8 Å². The van der Waals surface area contributed by atoms with E-state index in [4.69, 9.17) is 42.1 Å². The zero-order chi connectivity index (χ0) is 40.9. The molecule has 0 amide bonds. The largest absolute Gasteiger partial charge is 0.508 e. The second kappa shape index (κ2) is 25.7. The molecule has 14 heteroatoms. The number of carbonyl (C=O) groups is 4. The molecule has 2 aromatic carbocycles. The molecule has 0 bridgehead atoms. The minimum atomic E-state index is -0.787. The van der Waals surface area contributed by atoms with Crippen molar-refractivity contribution in [1.29, 1.82) is 0 Å². The van der Waals surface area contributed by atoms with Gasteiger partial charge in [0.25, 0.3) is 0 Å². The van der Waals surface area contributed by atoms with Gasteiger partial charge in [-0.2, -0.15) is 0 Å². The first kappa shape index (κ1) is 47.7. The van der Waals surface area contributed by atoms with Crippen LogP contribution in [0.1, 0.15) is 103 Å². The van der Waals surface area contributed by atoms with E-state index in [1.54, 1.807) is 18.2 Å². The fourth-order valence-electron chi connectivity index (χ4n) is 7.08. The van der Waals surface area contributed by atoms with Gasteiger partial charge in [-0.05, 0) is 68.7 Å². The topological polar surface area (TPSA) is 137 Å². The average Bonchev–Trinajstić information content (AvgIpc) is 3.47. The van der Waals surface area contributed by atoms with E-state index < -0.39 is 17.9 Å². The monoisotopic (exact) mass is 855 g/mol. The number of unbranched alkanes of at least 4 members (excludes halogenated alkanes) is 4. The molecule has 1 aliphatic carbocycles. The summed E-state index contributed by atoms with van der Waals surface area (Å²) < 4.78 is 21.4. The Hall–Kier alpha value is -2.64. The molecular weight excluding hydrogens is 797 g/mol. The maximum absolute atomic E-state index is 13.3. The van der Waals surface area contributed by atoms with Gasteiger partial charge in [0.1, 0.15) is 25.1 Å². The number of benzene rings is 2. The van der Waals surface area contributed by atoms with Crippen molar-refractivity contribution in [2.24, 2.45) is 17.8 Å². The highest BCUT2D eigenvalue weighted by molar-refractivity contribution is 8.76. The van der Waals surface area contributed by atoms with Crippen molar-refractivity contribution in [3.63, 3.8) is 0 Å². The fraction of sp³-hybridized carbons (Fsp3) is 0.619. The number of anilines is 2. The van der Waals surface area contributed by atoms with Gasteiger partial charge in [-0.25, -0.2) is 4.79 Å². The van der Waals surface area contributed by atoms with Gasteiger partial charge < -0.3 is 29.4 Å². The molecule has 2 unspecified atom stereocenters. The molecule has 3 rings (SSSR count). The van der Waals surface area contributed by atoms with Crippen LogP contribution in [-0.4, -0.2) is 72.5 Å². The highest BCUT2D eigenvalue weighted by atomic mass is 35.5. The molecule has 56 heavy (non-hydrogen) atoms. The van der Waals surface area contributed by atoms with Crippen LogP contribution in [0.2, 0.25) is 10.0 Å². The predicted molar refractivity (Wildman–Crippen MR) is 227 cm³/mol. The minimum Gasteiger partial charge on any atom is -0.469 e. The smallest absolute Gasteiger partial charge is 0.469 e. The third-order valence-corrected chi connectivity index (χ3v) is 13.1. The fourth-order valence-corrected chi connectivity index (χ4v) is 9.22. The van der Waals surface area contributed by atoms with Crippen LogP contribution < -0.4 is 5.32 Å². The summed E-state index contributed by atoms with van der Waals surface area (Å²) in [5.41, 5.74) is 1.24. The van der Waals surface area contributed by atoms with E-state index in [0.717, 1.165) is 50.5 Å². The summed E-state index contributed by atoms with van der Waals surface area (Å²) in [5, 5.41) is 15.1. The molecule has 10 nitrogen and oxygen atoms in total. The van der Waals surface area contributed by atoms with Crippen molar-refractivity contribution in [1.82, 2.24) is 0 Å². The number of methoxy groups -OCH3 is 1. The Labute approximate surface area is 350 Å². The van der Waals surface area contributed by atoms with Crippen molar-refractivity contribution in [3.05, 3.63) is 58.1 Å². The lowest BCUT2D eigenvalue weighted by Crippen LogP contribution is -2.33. The first-order valence-corrected chi connectivity index (χ1v) is 22.9. The molecule has 0 aliphatic heterocycles. The van der Waals surface area contributed by atoms with Crippen LogP contribution in [0.4, 0.5) is 16.2 Å². The summed E-state index contributed by atoms with van der Waals surface area (Å²) in [6.45, 7) is 6.42. The molecule has 0 saturated heterocycles. The molecule has 2 aromatic rings. The van der Waals surface area contributed by atoms with E-state index in [-0.39, 0.29) is 61.5 Å². The molecule has 1 fully saturated rings. The zero-order valence-corrected chi connectivity index (χ0v) is 36.3. The highest BCUT2D eigenvalue weighted by Gasteiger charge is 2.47. The quantitative estimate of drug-likeness (QED) is 0.0403. The Balaban J connectivity index is 1.40. The Morgan fingerprint density at radius 1 is 0.929 bits per heavy atom. The normalized spacial score (nSPS) is 18.2. The van der Waals surface area contributed by atoms with Crippen LogP contribution >= 0.6 is 44.8 Å². The van der Waals surface area contributed by atoms with Crippen molar-refractivity contribution >= 4 is 80.0 Å². The number of halogens is 2. The summed E-state index contributed by atoms with van der Waals surface area (Å²) in [5.74, 6) is 0.240. The van der Waals surface area contributed by atoms with Crippen molar-refractivity contribution in [2.75, 3.05) is 37.1 Å². The van der Waals surface area contributed by atoms with E-state index >= 15 is 0 Å². The van der Waals surface area contributed by atoms with E-state index in [0.29, 0.717) is 58.6 Å². The molecule has 5 atom stereocenters. The molecule has 312 valence electrons. The molecular formula is C42H59Cl2NO9S2. The predicted octanol–water partition coefficient (Wildman–Crippen LogP) is 10.8. The number of para-hydroxylation sites is 2. The van der Waals surface area contributed by atoms with Gasteiger partial charge in [-0.15, -0.1) is 0 Å². The first-order valence-electron chi connectivity index (χ1n) is 19.7. The Kier molecular flexibility index (Phi) is 21.9. The molecule has 0 radical (unpaired) electrons. The number of ketones is 1. The number of ether oxygens (including phenoxy) is 4. The molecule has 0 heterocycles. The lowest BCUT2D eigenvalue weighted by molar-refractivity contribution is -0.142. The second-order valence-electron chi connectivity index (χ2n) is 14.7. The van der Waals surface area contributed by atoms with Crippen LogP contribution in [0.5, 0.6) is 0 Å². The third-order valence-electron chi connectivity index (χ3n) is 10.2. The molecule has 1 aliphatic rings. The van der Waals surface area contributed by atoms with Gasteiger partial charge in [-0.3, -0.25) is 14.4 Å². The number of nitrogens with one attached hydrogen (secondary N) is 1. The van der Waals surface area contributed by atoms with Gasteiger partial charge >= 0.3 is 18.1 Å². The number of aliphatic hydroxyl groups is 1. The Bertz CT molecular complexity index is 1530. The zero-order valence-electron chi connectivity index (χ0n) is 33.2. The number of hydrogen-bond donors (Lipinski definition) is 2.